The highest BCUT2D eigenvalue weighted by Crippen LogP contribution is 2.18. The quantitative estimate of drug-likeness (QED) is 0.0261. The molecule has 0 bridgehead atoms. The van der Waals surface area contributed by atoms with E-state index in [0.29, 0.717) is 19.3 Å². The minimum atomic E-state index is -0.790. The third-order valence-electron chi connectivity index (χ3n) is 14.5. The first-order valence-electron chi connectivity index (χ1n) is 32.8. The molecule has 0 rings (SSSR count). The van der Waals surface area contributed by atoms with Crippen LogP contribution in [0.25, 0.3) is 0 Å². The summed E-state index contributed by atoms with van der Waals surface area (Å²) in [4.78, 5) is 38.4. The Morgan fingerprint density at radius 1 is 0.280 bits per heavy atom. The van der Waals surface area contributed by atoms with E-state index in [-0.39, 0.29) is 31.1 Å². The second-order valence-corrected chi connectivity index (χ2v) is 22.0. The summed E-state index contributed by atoms with van der Waals surface area (Å²) in [6.07, 6.45) is 80.9. The van der Waals surface area contributed by atoms with Gasteiger partial charge in [0.05, 0.1) is 0 Å². The first-order valence-corrected chi connectivity index (χ1v) is 32.8. The maximum Gasteiger partial charge on any atom is 0.306 e. The number of allylic oxidation sites excluding steroid dienone is 10. The molecule has 0 heterocycles. The predicted molar refractivity (Wildman–Crippen MR) is 325 cm³/mol. The average Bonchev–Trinajstić information content (AvgIpc) is 3.41. The molecule has 75 heavy (non-hydrogen) atoms. The molecule has 0 spiro atoms. The molecular formula is C69H124O6. The molecule has 6 heteroatoms. The van der Waals surface area contributed by atoms with Crippen molar-refractivity contribution in [1.29, 1.82) is 0 Å². The fraction of sp³-hybridized carbons (Fsp3) is 0.812. The number of hydrogen-bond donors (Lipinski definition) is 0. The normalized spacial score (nSPS) is 12.1. The number of unbranched alkanes of at least 4 members (excludes halogenated alkanes) is 39. The lowest BCUT2D eigenvalue weighted by atomic mass is 10.0. The van der Waals surface area contributed by atoms with Crippen LogP contribution in [-0.4, -0.2) is 37.2 Å². The average molecular weight is 1050 g/mol. The van der Waals surface area contributed by atoms with Crippen molar-refractivity contribution in [2.45, 2.75) is 348 Å². The Morgan fingerprint density at radius 2 is 0.520 bits per heavy atom. The molecule has 436 valence electrons. The minimum Gasteiger partial charge on any atom is -0.462 e. The minimum absolute atomic E-state index is 0.0830. The van der Waals surface area contributed by atoms with Crippen LogP contribution < -0.4 is 0 Å². The maximum atomic E-state index is 12.9. The van der Waals surface area contributed by atoms with E-state index in [1.54, 1.807) is 0 Å². The summed E-state index contributed by atoms with van der Waals surface area (Å²) >= 11 is 0. The zero-order chi connectivity index (χ0) is 54.3. The summed E-state index contributed by atoms with van der Waals surface area (Å²) in [7, 11) is 0. The third-order valence-corrected chi connectivity index (χ3v) is 14.5. The van der Waals surface area contributed by atoms with Crippen LogP contribution in [0.3, 0.4) is 0 Å². The Balaban J connectivity index is 4.39. The van der Waals surface area contributed by atoms with Gasteiger partial charge in [-0.25, -0.2) is 0 Å². The Kier molecular flexibility index (Phi) is 61.2. The van der Waals surface area contributed by atoms with E-state index >= 15 is 0 Å². The van der Waals surface area contributed by atoms with E-state index in [1.807, 2.05) is 0 Å². The van der Waals surface area contributed by atoms with Gasteiger partial charge in [-0.1, -0.05) is 319 Å². The lowest BCUT2D eigenvalue weighted by molar-refractivity contribution is -0.167. The molecule has 0 aromatic rings. The zero-order valence-corrected chi connectivity index (χ0v) is 50.1. The van der Waals surface area contributed by atoms with Gasteiger partial charge in [0.2, 0.25) is 0 Å². The third kappa shape index (κ3) is 61.8. The molecule has 0 aromatic carbocycles. The van der Waals surface area contributed by atoms with E-state index in [4.69, 9.17) is 14.2 Å². The SMILES string of the molecule is CC/C=C\C/C=C\C/C=C\C/C=C\C/C=C\CCCCCC(=O)OC(COC(=O)CCCCCCCCCCCCCCCCCCCCC)COC(=O)CCCCCCCCCCCCCCCCCCCCC. The van der Waals surface area contributed by atoms with Crippen LogP contribution in [-0.2, 0) is 28.6 Å². The first kappa shape index (κ1) is 72.1. The highest BCUT2D eigenvalue weighted by molar-refractivity contribution is 5.71. The molecule has 0 amide bonds. The van der Waals surface area contributed by atoms with E-state index in [0.717, 1.165) is 96.3 Å². The van der Waals surface area contributed by atoms with Crippen molar-refractivity contribution in [2.24, 2.45) is 0 Å². The molecule has 0 atom stereocenters. The fourth-order valence-corrected chi connectivity index (χ4v) is 9.65. The van der Waals surface area contributed by atoms with Gasteiger partial charge in [0, 0.05) is 19.3 Å². The molecule has 0 aromatic heterocycles. The van der Waals surface area contributed by atoms with Crippen molar-refractivity contribution >= 4 is 17.9 Å². The number of hydrogen-bond acceptors (Lipinski definition) is 6. The smallest absolute Gasteiger partial charge is 0.306 e. The van der Waals surface area contributed by atoms with Gasteiger partial charge in [-0.2, -0.15) is 0 Å². The molecule has 6 nitrogen and oxygen atoms in total. The molecule has 0 radical (unpaired) electrons. The Morgan fingerprint density at radius 3 is 0.813 bits per heavy atom. The van der Waals surface area contributed by atoms with Gasteiger partial charge in [0.25, 0.3) is 0 Å². The van der Waals surface area contributed by atoms with Crippen LogP contribution in [0.2, 0.25) is 0 Å². The highest BCUT2D eigenvalue weighted by atomic mass is 16.6. The molecule has 0 unspecified atom stereocenters. The van der Waals surface area contributed by atoms with Crippen molar-refractivity contribution in [3.63, 3.8) is 0 Å². The lowest BCUT2D eigenvalue weighted by Gasteiger charge is -2.18. The predicted octanol–water partition coefficient (Wildman–Crippen LogP) is 22.3. The lowest BCUT2D eigenvalue weighted by Crippen LogP contribution is -2.30. The number of ether oxygens (including phenoxy) is 3. The Bertz CT molecular complexity index is 1290. The highest BCUT2D eigenvalue weighted by Gasteiger charge is 2.19. The topological polar surface area (TPSA) is 78.9 Å². The van der Waals surface area contributed by atoms with Crippen molar-refractivity contribution in [2.75, 3.05) is 13.2 Å². The fourth-order valence-electron chi connectivity index (χ4n) is 9.65. The standard InChI is InChI=1S/C69H124O6/c1-4-7-10-13-16-19-22-25-28-31-34-37-40-43-46-49-52-55-58-61-67(70)73-64-66(75-69(72)63-60-57-54-51-48-45-42-39-36-33-30-27-24-21-18-15-12-9-6-3)65-74-68(71)62-59-56-53-50-47-44-41-38-35-32-29-26-23-20-17-14-11-8-5-2/h9,12,18,21,27,30,36,39,45,48,66H,4-8,10-11,13-17,19-20,22-26,28-29,31-35,37-38,40-44,46-47,49-65H2,1-3H3/b12-9-,21-18-,30-27-,39-36-,48-45-. The van der Waals surface area contributed by atoms with Gasteiger partial charge in [0.1, 0.15) is 13.2 Å². The number of carbonyl (C=O) groups excluding carboxylic acids is 3. The molecule has 0 aliphatic rings. The van der Waals surface area contributed by atoms with Crippen LogP contribution in [0.15, 0.2) is 60.8 Å². The molecule has 0 fully saturated rings. The monoisotopic (exact) mass is 1050 g/mol. The van der Waals surface area contributed by atoms with Gasteiger partial charge in [-0.15, -0.1) is 0 Å². The van der Waals surface area contributed by atoms with Gasteiger partial charge in [-0.3, -0.25) is 14.4 Å². The second kappa shape index (κ2) is 63.6. The van der Waals surface area contributed by atoms with Crippen LogP contribution >= 0.6 is 0 Å². The molecule has 0 saturated carbocycles. The van der Waals surface area contributed by atoms with Gasteiger partial charge < -0.3 is 14.2 Å². The van der Waals surface area contributed by atoms with Crippen molar-refractivity contribution in [1.82, 2.24) is 0 Å². The Hall–Kier alpha value is -2.89. The number of carbonyl (C=O) groups is 3. The van der Waals surface area contributed by atoms with Crippen LogP contribution in [0.1, 0.15) is 342 Å². The van der Waals surface area contributed by atoms with Gasteiger partial charge >= 0.3 is 17.9 Å². The molecule has 0 aliphatic carbocycles. The Labute approximate surface area is 466 Å². The number of esters is 3. The first-order chi connectivity index (χ1) is 37.0. The second-order valence-electron chi connectivity index (χ2n) is 22.0. The van der Waals surface area contributed by atoms with Crippen LogP contribution in [0.4, 0.5) is 0 Å². The van der Waals surface area contributed by atoms with Crippen LogP contribution in [0.5, 0.6) is 0 Å². The largest absolute Gasteiger partial charge is 0.462 e. The summed E-state index contributed by atoms with van der Waals surface area (Å²) in [5.74, 6) is -0.892. The summed E-state index contributed by atoms with van der Waals surface area (Å²) in [5.41, 5.74) is 0. The zero-order valence-electron chi connectivity index (χ0n) is 50.1. The summed E-state index contributed by atoms with van der Waals surface area (Å²) in [5, 5.41) is 0. The van der Waals surface area contributed by atoms with Gasteiger partial charge in [0.15, 0.2) is 6.10 Å². The molecule has 0 aliphatic heterocycles. The molecule has 0 N–H and O–H groups in total. The van der Waals surface area contributed by atoms with Crippen LogP contribution in [0, 0.1) is 0 Å². The van der Waals surface area contributed by atoms with Crippen molar-refractivity contribution < 1.29 is 28.6 Å². The maximum absolute atomic E-state index is 12.9. The van der Waals surface area contributed by atoms with Gasteiger partial charge in [-0.05, 0) is 64.2 Å². The van der Waals surface area contributed by atoms with E-state index < -0.39 is 6.10 Å². The van der Waals surface area contributed by atoms with Crippen molar-refractivity contribution in [3.8, 4) is 0 Å². The van der Waals surface area contributed by atoms with E-state index in [2.05, 4.69) is 81.5 Å². The summed E-state index contributed by atoms with van der Waals surface area (Å²) in [6.45, 7) is 6.56. The number of rotatable bonds is 60. The van der Waals surface area contributed by atoms with Crippen molar-refractivity contribution in [3.05, 3.63) is 60.8 Å². The molecular weight excluding hydrogens is 925 g/mol. The van der Waals surface area contributed by atoms with E-state index in [1.165, 1.54) is 205 Å². The summed E-state index contributed by atoms with van der Waals surface area (Å²) < 4.78 is 16.9. The van der Waals surface area contributed by atoms with E-state index in [9.17, 15) is 14.4 Å². The molecule has 0 saturated heterocycles. The summed E-state index contributed by atoms with van der Waals surface area (Å²) in [6, 6.07) is 0.